The number of amides is 1. The van der Waals surface area contributed by atoms with E-state index in [1.54, 1.807) is 19.2 Å². The minimum Gasteiger partial charge on any atom is -0.493 e. The van der Waals surface area contributed by atoms with Crippen LogP contribution in [-0.4, -0.2) is 26.2 Å². The fourth-order valence-corrected chi connectivity index (χ4v) is 2.10. The van der Waals surface area contributed by atoms with Gasteiger partial charge in [0.2, 0.25) is 0 Å². The van der Waals surface area contributed by atoms with Crippen LogP contribution in [-0.2, 0) is 4.79 Å². The van der Waals surface area contributed by atoms with E-state index in [1.807, 2.05) is 30.3 Å². The molecule has 0 bridgehead atoms. The highest BCUT2D eigenvalue weighted by atomic mass is 16.5. The van der Waals surface area contributed by atoms with Crippen molar-refractivity contribution >= 4 is 5.91 Å². The third kappa shape index (κ3) is 4.52. The fraction of sp³-hybridized carbons (Fsp3) is 0.278. The zero-order chi connectivity index (χ0) is 15.8. The van der Waals surface area contributed by atoms with Crippen LogP contribution in [0.4, 0.5) is 0 Å². The van der Waals surface area contributed by atoms with Gasteiger partial charge in [-0.25, -0.2) is 0 Å². The second-order valence-corrected chi connectivity index (χ2v) is 5.06. The lowest BCUT2D eigenvalue weighted by molar-refractivity contribution is -0.123. The summed E-state index contributed by atoms with van der Waals surface area (Å²) in [6.07, 6.45) is 0. The van der Waals surface area contributed by atoms with Crippen LogP contribution in [0.25, 0.3) is 0 Å². The Morgan fingerprint density at radius 1 is 1.05 bits per heavy atom. The molecule has 2 rings (SSSR count). The lowest BCUT2D eigenvalue weighted by atomic mass is 10.0. The molecule has 1 atom stereocenters. The molecule has 1 amide bonds. The SMILES string of the molecule is COc1ccccc1OCC(=O)NC[C@@H](C)c1ccccc1. The molecule has 4 nitrogen and oxygen atoms in total. The maximum Gasteiger partial charge on any atom is 0.257 e. The summed E-state index contributed by atoms with van der Waals surface area (Å²) < 4.78 is 10.7. The molecule has 4 heteroatoms. The first-order chi connectivity index (χ1) is 10.7. The van der Waals surface area contributed by atoms with Gasteiger partial charge < -0.3 is 14.8 Å². The maximum atomic E-state index is 11.9. The number of benzene rings is 2. The van der Waals surface area contributed by atoms with Gasteiger partial charge in [0.15, 0.2) is 18.1 Å². The molecule has 0 aromatic heterocycles. The molecule has 116 valence electrons. The molecule has 22 heavy (non-hydrogen) atoms. The average molecular weight is 299 g/mol. The Morgan fingerprint density at radius 2 is 1.68 bits per heavy atom. The standard InChI is InChI=1S/C18H21NO3/c1-14(15-8-4-3-5-9-15)12-19-18(20)13-22-17-11-7-6-10-16(17)21-2/h3-11,14H,12-13H2,1-2H3,(H,19,20)/t14-/m1/s1. The Kier molecular flexibility index (Phi) is 5.83. The molecule has 0 aliphatic rings. The van der Waals surface area contributed by atoms with Crippen molar-refractivity contribution in [3.63, 3.8) is 0 Å². The minimum absolute atomic E-state index is 0.0259. The summed E-state index contributed by atoms with van der Waals surface area (Å²) >= 11 is 0. The van der Waals surface area contributed by atoms with Crippen LogP contribution in [0.1, 0.15) is 18.4 Å². The average Bonchev–Trinajstić information content (AvgIpc) is 2.58. The molecule has 0 aliphatic carbocycles. The smallest absolute Gasteiger partial charge is 0.257 e. The number of nitrogens with one attached hydrogen (secondary N) is 1. The van der Waals surface area contributed by atoms with E-state index in [0.29, 0.717) is 18.0 Å². The first-order valence-electron chi connectivity index (χ1n) is 7.28. The van der Waals surface area contributed by atoms with Crippen molar-refractivity contribution in [3.05, 3.63) is 60.2 Å². The number of ether oxygens (including phenoxy) is 2. The second kappa shape index (κ2) is 8.08. The number of hydrogen-bond donors (Lipinski definition) is 1. The van der Waals surface area contributed by atoms with E-state index < -0.39 is 0 Å². The Bertz CT molecular complexity index is 598. The number of methoxy groups -OCH3 is 1. The van der Waals surface area contributed by atoms with Gasteiger partial charge in [-0.3, -0.25) is 4.79 Å². The highest BCUT2D eigenvalue weighted by molar-refractivity contribution is 5.77. The van der Waals surface area contributed by atoms with Gasteiger partial charge in [0.25, 0.3) is 5.91 Å². The van der Waals surface area contributed by atoms with Gasteiger partial charge in [-0.15, -0.1) is 0 Å². The molecular formula is C18H21NO3. The third-order valence-electron chi connectivity index (χ3n) is 3.40. The van der Waals surface area contributed by atoms with Gasteiger partial charge in [0.05, 0.1) is 7.11 Å². The van der Waals surface area contributed by atoms with Crippen molar-refractivity contribution in [2.75, 3.05) is 20.3 Å². The monoisotopic (exact) mass is 299 g/mol. The van der Waals surface area contributed by atoms with E-state index in [1.165, 1.54) is 5.56 Å². The first-order valence-corrected chi connectivity index (χ1v) is 7.28. The van der Waals surface area contributed by atoms with E-state index in [0.717, 1.165) is 0 Å². The molecule has 0 fully saturated rings. The van der Waals surface area contributed by atoms with Crippen molar-refractivity contribution in [1.82, 2.24) is 5.32 Å². The van der Waals surface area contributed by atoms with Crippen LogP contribution in [0.5, 0.6) is 11.5 Å². The zero-order valence-electron chi connectivity index (χ0n) is 12.9. The lowest BCUT2D eigenvalue weighted by Crippen LogP contribution is -2.31. The fourth-order valence-electron chi connectivity index (χ4n) is 2.10. The summed E-state index contributed by atoms with van der Waals surface area (Å²) in [5, 5.41) is 2.88. The largest absolute Gasteiger partial charge is 0.493 e. The van der Waals surface area contributed by atoms with Crippen LogP contribution < -0.4 is 14.8 Å². The Labute approximate surface area is 131 Å². The highest BCUT2D eigenvalue weighted by Crippen LogP contribution is 2.25. The van der Waals surface area contributed by atoms with E-state index in [-0.39, 0.29) is 18.4 Å². The summed E-state index contributed by atoms with van der Waals surface area (Å²) in [7, 11) is 1.57. The molecule has 0 saturated carbocycles. The van der Waals surface area contributed by atoms with Crippen molar-refractivity contribution in [2.45, 2.75) is 12.8 Å². The van der Waals surface area contributed by atoms with Gasteiger partial charge in [0, 0.05) is 6.54 Å². The van der Waals surface area contributed by atoms with Crippen molar-refractivity contribution < 1.29 is 14.3 Å². The minimum atomic E-state index is -0.145. The molecular weight excluding hydrogens is 278 g/mol. The number of carbonyl (C=O) groups is 1. The van der Waals surface area contributed by atoms with Crippen molar-refractivity contribution in [1.29, 1.82) is 0 Å². The molecule has 0 spiro atoms. The lowest BCUT2D eigenvalue weighted by Gasteiger charge is -2.14. The molecule has 2 aromatic rings. The first kappa shape index (κ1) is 15.9. The van der Waals surface area contributed by atoms with E-state index in [2.05, 4.69) is 24.4 Å². The Hall–Kier alpha value is -2.49. The quantitative estimate of drug-likeness (QED) is 0.855. The second-order valence-electron chi connectivity index (χ2n) is 5.06. The third-order valence-corrected chi connectivity index (χ3v) is 3.40. The van der Waals surface area contributed by atoms with Gasteiger partial charge in [-0.1, -0.05) is 49.4 Å². The molecule has 0 unspecified atom stereocenters. The molecule has 0 saturated heterocycles. The molecule has 0 radical (unpaired) electrons. The van der Waals surface area contributed by atoms with E-state index in [4.69, 9.17) is 9.47 Å². The zero-order valence-corrected chi connectivity index (χ0v) is 12.9. The predicted octanol–water partition coefficient (Wildman–Crippen LogP) is 2.99. The van der Waals surface area contributed by atoms with E-state index >= 15 is 0 Å². The van der Waals surface area contributed by atoms with Gasteiger partial charge in [0.1, 0.15) is 0 Å². The van der Waals surface area contributed by atoms with Crippen molar-refractivity contribution in [3.8, 4) is 11.5 Å². The van der Waals surface area contributed by atoms with Gasteiger partial charge >= 0.3 is 0 Å². The predicted molar refractivity (Wildman–Crippen MR) is 86.4 cm³/mol. The molecule has 2 aromatic carbocycles. The molecule has 0 heterocycles. The van der Waals surface area contributed by atoms with E-state index in [9.17, 15) is 4.79 Å². The highest BCUT2D eigenvalue weighted by Gasteiger charge is 2.09. The number of hydrogen-bond acceptors (Lipinski definition) is 3. The Balaban J connectivity index is 1.79. The molecule has 0 aliphatic heterocycles. The van der Waals surface area contributed by atoms with Crippen LogP contribution in [0.2, 0.25) is 0 Å². The summed E-state index contributed by atoms with van der Waals surface area (Å²) in [6, 6.07) is 17.4. The summed E-state index contributed by atoms with van der Waals surface area (Å²) in [5.41, 5.74) is 1.20. The number of para-hydroxylation sites is 2. The summed E-state index contributed by atoms with van der Waals surface area (Å²) in [6.45, 7) is 2.64. The van der Waals surface area contributed by atoms with Crippen LogP contribution in [0.15, 0.2) is 54.6 Å². The van der Waals surface area contributed by atoms with Crippen LogP contribution in [0.3, 0.4) is 0 Å². The van der Waals surface area contributed by atoms with Gasteiger partial charge in [-0.05, 0) is 23.6 Å². The molecule has 1 N–H and O–H groups in total. The van der Waals surface area contributed by atoms with Gasteiger partial charge in [-0.2, -0.15) is 0 Å². The van der Waals surface area contributed by atoms with Crippen LogP contribution >= 0.6 is 0 Å². The van der Waals surface area contributed by atoms with Crippen molar-refractivity contribution in [2.24, 2.45) is 0 Å². The summed E-state index contributed by atoms with van der Waals surface area (Å²) in [5.74, 6) is 1.30. The summed E-state index contributed by atoms with van der Waals surface area (Å²) in [4.78, 5) is 11.9. The van der Waals surface area contributed by atoms with Crippen LogP contribution in [0, 0.1) is 0 Å². The topological polar surface area (TPSA) is 47.6 Å². The number of carbonyl (C=O) groups excluding carboxylic acids is 1. The number of rotatable bonds is 7. The normalized spacial score (nSPS) is 11.5. The Morgan fingerprint density at radius 3 is 2.36 bits per heavy atom. The maximum absolute atomic E-state index is 11.9.